The smallest absolute Gasteiger partial charge is 0.452 e. The third kappa shape index (κ3) is 8.55. The van der Waals surface area contributed by atoms with Gasteiger partial charge in [0, 0.05) is 6.42 Å². The molecule has 0 heterocycles. The Bertz CT molecular complexity index is 695. The number of halogens is 3. The number of hydrogen-bond acceptors (Lipinski definition) is 5. The van der Waals surface area contributed by atoms with Crippen LogP contribution in [0.1, 0.15) is 45.1 Å². The van der Waals surface area contributed by atoms with Crippen LogP contribution in [0.3, 0.4) is 0 Å². The lowest BCUT2D eigenvalue weighted by molar-refractivity contribution is -0.178. The number of carbonyl (C=O) groups is 2. The summed E-state index contributed by atoms with van der Waals surface area (Å²) < 4.78 is 47.5. The Hall–Kier alpha value is -2.56. The summed E-state index contributed by atoms with van der Waals surface area (Å²) in [6.07, 6.45) is -0.544. The first-order chi connectivity index (χ1) is 13.7. The molecule has 1 aromatic rings. The topological polar surface area (TPSA) is 76.4 Å². The number of nitrogens with zero attached hydrogens (tertiary/aromatic N) is 1. The number of ether oxygens (including phenoxy) is 2. The molecule has 8 heteroatoms. The molecule has 0 saturated heterocycles. The molecule has 0 spiro atoms. The van der Waals surface area contributed by atoms with Crippen molar-refractivity contribution in [3.63, 3.8) is 0 Å². The average Bonchev–Trinajstić information content (AvgIpc) is 2.69. The summed E-state index contributed by atoms with van der Waals surface area (Å²) in [6, 6.07) is 8.12. The highest BCUT2D eigenvalue weighted by molar-refractivity contribution is 6.04. The number of esters is 1. The SMILES string of the molecule is CCCCC(CC)COc1ccc(CCOC(=O)C(C#N)C(=O)C(F)(F)F)cc1. The van der Waals surface area contributed by atoms with E-state index in [1.54, 1.807) is 24.3 Å². The maximum absolute atomic E-state index is 12.3. The van der Waals surface area contributed by atoms with Gasteiger partial charge in [-0.1, -0.05) is 45.2 Å². The van der Waals surface area contributed by atoms with E-state index in [1.807, 2.05) is 0 Å². The molecule has 5 nitrogen and oxygen atoms in total. The van der Waals surface area contributed by atoms with E-state index in [0.717, 1.165) is 30.9 Å². The van der Waals surface area contributed by atoms with Crippen LogP contribution in [-0.2, 0) is 20.7 Å². The standard InChI is InChI=1S/C21H26F3NO4/c1-3-5-6-15(4-2)14-29-17-9-7-16(8-10-17)11-12-28-20(27)18(13-25)19(26)21(22,23)24/h7-10,15,18H,3-6,11-12,14H2,1-2H3. The van der Waals surface area contributed by atoms with E-state index < -0.39 is 23.8 Å². The van der Waals surface area contributed by atoms with Crippen LogP contribution in [-0.4, -0.2) is 31.1 Å². The zero-order chi connectivity index (χ0) is 21.9. The number of rotatable bonds is 12. The summed E-state index contributed by atoms with van der Waals surface area (Å²) in [5.41, 5.74) is 0.777. The third-order valence-corrected chi connectivity index (χ3v) is 4.49. The van der Waals surface area contributed by atoms with Crippen molar-refractivity contribution in [2.24, 2.45) is 11.8 Å². The van der Waals surface area contributed by atoms with Gasteiger partial charge in [0.25, 0.3) is 5.78 Å². The van der Waals surface area contributed by atoms with Gasteiger partial charge in [0.2, 0.25) is 5.92 Å². The quantitative estimate of drug-likeness (QED) is 0.369. The summed E-state index contributed by atoms with van der Waals surface area (Å²) in [6.45, 7) is 4.68. The van der Waals surface area contributed by atoms with E-state index in [-0.39, 0.29) is 13.0 Å². The Balaban J connectivity index is 2.47. The Kier molecular flexibility index (Phi) is 10.2. The fourth-order valence-electron chi connectivity index (χ4n) is 2.60. The van der Waals surface area contributed by atoms with E-state index >= 15 is 0 Å². The molecule has 0 amide bonds. The van der Waals surface area contributed by atoms with Crippen LogP contribution >= 0.6 is 0 Å². The lowest BCUT2D eigenvalue weighted by Crippen LogP contribution is -2.35. The van der Waals surface area contributed by atoms with Gasteiger partial charge in [0.15, 0.2) is 0 Å². The Labute approximate surface area is 168 Å². The average molecular weight is 413 g/mol. The Morgan fingerprint density at radius 1 is 1.17 bits per heavy atom. The highest BCUT2D eigenvalue weighted by Gasteiger charge is 2.47. The molecule has 0 aromatic heterocycles. The van der Waals surface area contributed by atoms with Crippen LogP contribution in [0.4, 0.5) is 13.2 Å². The molecule has 0 aliphatic carbocycles. The summed E-state index contributed by atoms with van der Waals surface area (Å²) in [4.78, 5) is 22.6. The highest BCUT2D eigenvalue weighted by atomic mass is 19.4. The summed E-state index contributed by atoms with van der Waals surface area (Å²) in [7, 11) is 0. The number of unbranched alkanes of at least 4 members (excludes halogenated alkanes) is 1. The Morgan fingerprint density at radius 2 is 1.83 bits per heavy atom. The van der Waals surface area contributed by atoms with Gasteiger partial charge in [-0.15, -0.1) is 0 Å². The zero-order valence-corrected chi connectivity index (χ0v) is 16.6. The van der Waals surface area contributed by atoms with Crippen molar-refractivity contribution in [1.29, 1.82) is 5.26 Å². The number of hydrogen-bond donors (Lipinski definition) is 0. The molecule has 0 saturated carbocycles. The lowest BCUT2D eigenvalue weighted by Gasteiger charge is -2.15. The van der Waals surface area contributed by atoms with E-state index in [9.17, 15) is 22.8 Å². The normalized spacial score (nSPS) is 13.2. The van der Waals surface area contributed by atoms with Crippen molar-refractivity contribution >= 4 is 11.8 Å². The molecule has 0 radical (unpaired) electrons. The van der Waals surface area contributed by atoms with Gasteiger partial charge in [0.1, 0.15) is 5.75 Å². The van der Waals surface area contributed by atoms with Gasteiger partial charge in [-0.3, -0.25) is 9.59 Å². The van der Waals surface area contributed by atoms with E-state index in [2.05, 4.69) is 18.6 Å². The number of ketones is 1. The molecule has 1 rings (SSSR count). The van der Waals surface area contributed by atoms with E-state index in [0.29, 0.717) is 18.3 Å². The number of benzene rings is 1. The molecule has 0 N–H and O–H groups in total. The van der Waals surface area contributed by atoms with Gasteiger partial charge in [-0.25, -0.2) is 0 Å². The van der Waals surface area contributed by atoms with Crippen LogP contribution in [0, 0.1) is 23.2 Å². The monoisotopic (exact) mass is 413 g/mol. The second-order valence-corrected chi connectivity index (χ2v) is 6.71. The molecule has 0 fully saturated rings. The van der Waals surface area contributed by atoms with Crippen molar-refractivity contribution < 1.29 is 32.2 Å². The second-order valence-electron chi connectivity index (χ2n) is 6.71. The van der Waals surface area contributed by atoms with Gasteiger partial charge in [-0.05, 0) is 30.0 Å². The molecular formula is C21H26F3NO4. The Morgan fingerprint density at radius 3 is 2.34 bits per heavy atom. The van der Waals surface area contributed by atoms with Gasteiger partial charge in [-0.2, -0.15) is 18.4 Å². The molecule has 29 heavy (non-hydrogen) atoms. The molecule has 2 unspecified atom stereocenters. The highest BCUT2D eigenvalue weighted by Crippen LogP contribution is 2.22. The molecule has 160 valence electrons. The molecule has 0 aliphatic heterocycles. The summed E-state index contributed by atoms with van der Waals surface area (Å²) in [5, 5.41) is 8.65. The van der Waals surface area contributed by atoms with Crippen LogP contribution in [0.5, 0.6) is 5.75 Å². The third-order valence-electron chi connectivity index (χ3n) is 4.49. The molecule has 2 atom stereocenters. The number of carbonyl (C=O) groups excluding carboxylic acids is 2. The van der Waals surface area contributed by atoms with Crippen molar-refractivity contribution in [1.82, 2.24) is 0 Å². The van der Waals surface area contributed by atoms with E-state index in [1.165, 1.54) is 6.42 Å². The second kappa shape index (κ2) is 12.1. The number of nitriles is 1. The lowest BCUT2D eigenvalue weighted by atomic mass is 10.0. The van der Waals surface area contributed by atoms with Crippen LogP contribution < -0.4 is 4.74 Å². The minimum atomic E-state index is -5.26. The van der Waals surface area contributed by atoms with Crippen molar-refractivity contribution in [3.8, 4) is 11.8 Å². The van der Waals surface area contributed by atoms with E-state index in [4.69, 9.17) is 10.00 Å². The predicted octanol–water partition coefficient (Wildman–Crippen LogP) is 4.64. The maximum atomic E-state index is 12.3. The van der Waals surface area contributed by atoms with Crippen LogP contribution in [0.25, 0.3) is 0 Å². The van der Waals surface area contributed by atoms with Crippen molar-refractivity contribution in [2.75, 3.05) is 13.2 Å². The minimum absolute atomic E-state index is 0.235. The largest absolute Gasteiger partial charge is 0.493 e. The first kappa shape index (κ1) is 24.5. The molecular weight excluding hydrogens is 387 g/mol. The first-order valence-electron chi connectivity index (χ1n) is 9.61. The van der Waals surface area contributed by atoms with Gasteiger partial charge < -0.3 is 9.47 Å². The van der Waals surface area contributed by atoms with Gasteiger partial charge in [0.05, 0.1) is 19.3 Å². The minimum Gasteiger partial charge on any atom is -0.493 e. The van der Waals surface area contributed by atoms with Crippen molar-refractivity contribution in [2.45, 2.75) is 52.1 Å². The fourth-order valence-corrected chi connectivity index (χ4v) is 2.60. The number of Topliss-reactive ketones (excluding diaryl/α,β-unsaturated/α-hetero) is 1. The fraction of sp³-hybridized carbons (Fsp3) is 0.571. The number of alkyl halides is 3. The first-order valence-corrected chi connectivity index (χ1v) is 9.61. The summed E-state index contributed by atoms with van der Waals surface area (Å²) in [5.74, 6) is -5.20. The van der Waals surface area contributed by atoms with Crippen LogP contribution in [0.2, 0.25) is 0 Å². The molecule has 0 bridgehead atoms. The molecule has 1 aromatic carbocycles. The maximum Gasteiger partial charge on any atom is 0.452 e. The summed E-state index contributed by atoms with van der Waals surface area (Å²) >= 11 is 0. The van der Waals surface area contributed by atoms with Gasteiger partial charge >= 0.3 is 12.1 Å². The van der Waals surface area contributed by atoms with Crippen molar-refractivity contribution in [3.05, 3.63) is 29.8 Å². The molecule has 0 aliphatic rings. The predicted molar refractivity (Wildman–Crippen MR) is 100 cm³/mol. The zero-order valence-electron chi connectivity index (χ0n) is 16.6. The van der Waals surface area contributed by atoms with Crippen LogP contribution in [0.15, 0.2) is 24.3 Å².